The topological polar surface area (TPSA) is 77.4 Å². The normalized spacial score (nSPS) is 13.9. The van der Waals surface area contributed by atoms with E-state index in [0.29, 0.717) is 6.42 Å². The molecule has 0 saturated heterocycles. The number of aliphatic hydroxyl groups excluding tert-OH is 1. The first-order valence-electron chi connectivity index (χ1n) is 2.61. The van der Waals surface area contributed by atoms with Gasteiger partial charge in [0, 0.05) is 0 Å². The summed E-state index contributed by atoms with van der Waals surface area (Å²) in [5.41, 5.74) is -1.72. The van der Waals surface area contributed by atoms with E-state index >= 15 is 0 Å². The first kappa shape index (κ1) is 13.1. The van der Waals surface area contributed by atoms with Crippen LogP contribution in [0.1, 0.15) is 19.8 Å². The van der Waals surface area contributed by atoms with E-state index in [2.05, 4.69) is 0 Å². The van der Waals surface area contributed by atoms with Crippen LogP contribution in [0.4, 0.5) is 0 Å². The minimum atomic E-state index is -4.46. The molecular weight excluding hydrogens is 151 g/mol. The Hall–Kier alpha value is 0.467. The number of hydrogen-bond acceptors (Lipinski definition) is 4. The minimum Gasteiger partial charge on any atom is -0.746 e. The fraction of sp³-hybridized carbons (Fsp3) is 1.00. The molecule has 0 aliphatic rings. The van der Waals surface area contributed by atoms with Crippen molar-refractivity contribution < 1.29 is 36.9 Å². The van der Waals surface area contributed by atoms with Crippen molar-refractivity contribution in [3.8, 4) is 0 Å². The van der Waals surface area contributed by atoms with Crippen molar-refractivity contribution in [3.63, 3.8) is 0 Å². The molecule has 0 rings (SSSR count). The molecule has 0 heterocycles. The Morgan fingerprint density at radius 1 is 1.60 bits per heavy atom. The molecule has 0 radical (unpaired) electrons. The zero-order valence-electron chi connectivity index (χ0n) is 6.07. The van der Waals surface area contributed by atoms with Gasteiger partial charge in [-0.3, -0.25) is 0 Å². The van der Waals surface area contributed by atoms with E-state index in [1.54, 1.807) is 6.92 Å². The Labute approximate surface area is 72.6 Å². The fourth-order valence-corrected chi connectivity index (χ4v) is 0.916. The van der Waals surface area contributed by atoms with Gasteiger partial charge in [0.25, 0.3) is 0 Å². The van der Waals surface area contributed by atoms with Gasteiger partial charge in [-0.05, 0) is 6.42 Å². The zero-order chi connectivity index (χ0) is 7.49. The summed E-state index contributed by atoms with van der Waals surface area (Å²) in [5, 5.41) is 8.49. The molecule has 0 aromatic heterocycles. The van der Waals surface area contributed by atoms with Gasteiger partial charge in [-0.25, -0.2) is 8.42 Å². The van der Waals surface area contributed by atoms with Crippen LogP contribution in [0.2, 0.25) is 0 Å². The van der Waals surface area contributed by atoms with Crippen LogP contribution in [-0.2, 0) is 10.1 Å². The van der Waals surface area contributed by atoms with Crippen molar-refractivity contribution in [1.29, 1.82) is 0 Å². The number of hydrogen-bond donors (Lipinski definition) is 1. The van der Waals surface area contributed by atoms with Crippen molar-refractivity contribution in [3.05, 3.63) is 0 Å². The second-order valence-corrected chi connectivity index (χ2v) is 3.27. The minimum absolute atomic E-state index is 0. The van der Waals surface area contributed by atoms with Crippen molar-refractivity contribution >= 4 is 10.1 Å². The Morgan fingerprint density at radius 2 is 2.00 bits per heavy atom. The molecule has 10 heavy (non-hydrogen) atoms. The van der Waals surface area contributed by atoms with Crippen LogP contribution in [0.3, 0.4) is 0 Å². The maximum absolute atomic E-state index is 9.92. The standard InChI is InChI=1S/C4H10O4S.Li/c1-2-3-4(5)9(6,7)8;/h4-5H,2-3H2,1H3,(H,6,7,8);/q;+1/p-1. The summed E-state index contributed by atoms with van der Waals surface area (Å²) in [6, 6.07) is 0. The van der Waals surface area contributed by atoms with E-state index in [4.69, 9.17) is 5.11 Å². The summed E-state index contributed by atoms with van der Waals surface area (Å²) in [6.45, 7) is 1.69. The second-order valence-electron chi connectivity index (χ2n) is 1.74. The number of aliphatic hydroxyl groups is 1. The van der Waals surface area contributed by atoms with Crippen molar-refractivity contribution in [1.82, 2.24) is 0 Å². The Morgan fingerprint density at radius 3 is 2.10 bits per heavy atom. The Kier molecular flexibility index (Phi) is 6.75. The van der Waals surface area contributed by atoms with Crippen LogP contribution >= 0.6 is 0 Å². The maximum atomic E-state index is 9.92. The average molecular weight is 160 g/mol. The summed E-state index contributed by atoms with van der Waals surface area (Å²) < 4.78 is 29.7. The van der Waals surface area contributed by atoms with E-state index in [0.717, 1.165) is 0 Å². The van der Waals surface area contributed by atoms with Crippen molar-refractivity contribution in [2.75, 3.05) is 0 Å². The molecule has 4 nitrogen and oxygen atoms in total. The maximum Gasteiger partial charge on any atom is 1.00 e. The smallest absolute Gasteiger partial charge is 0.746 e. The molecule has 0 aromatic rings. The van der Waals surface area contributed by atoms with Gasteiger partial charge in [-0.2, -0.15) is 0 Å². The molecule has 6 heteroatoms. The first-order chi connectivity index (χ1) is 3.98. The summed E-state index contributed by atoms with van der Waals surface area (Å²) in [7, 11) is -4.46. The van der Waals surface area contributed by atoms with Gasteiger partial charge in [-0.1, -0.05) is 13.3 Å². The second kappa shape index (κ2) is 5.16. The van der Waals surface area contributed by atoms with Crippen LogP contribution in [0.25, 0.3) is 0 Å². The monoisotopic (exact) mass is 160 g/mol. The predicted molar refractivity (Wildman–Crippen MR) is 30.6 cm³/mol. The molecule has 56 valence electrons. The molecule has 1 unspecified atom stereocenters. The predicted octanol–water partition coefficient (Wildman–Crippen LogP) is -3.35. The van der Waals surface area contributed by atoms with Gasteiger partial charge >= 0.3 is 18.9 Å². The summed E-state index contributed by atoms with van der Waals surface area (Å²) in [6.07, 6.45) is 0.508. The largest absolute Gasteiger partial charge is 1.00 e. The van der Waals surface area contributed by atoms with E-state index in [1.807, 2.05) is 0 Å². The molecule has 1 atom stereocenters. The van der Waals surface area contributed by atoms with Gasteiger partial charge in [0.15, 0.2) is 0 Å². The van der Waals surface area contributed by atoms with Gasteiger partial charge < -0.3 is 9.66 Å². The van der Waals surface area contributed by atoms with E-state index in [-0.39, 0.29) is 25.3 Å². The van der Waals surface area contributed by atoms with Crippen LogP contribution in [0, 0.1) is 0 Å². The van der Waals surface area contributed by atoms with Crippen LogP contribution < -0.4 is 18.9 Å². The molecule has 0 saturated carbocycles. The summed E-state index contributed by atoms with van der Waals surface area (Å²) in [4.78, 5) is 0. The van der Waals surface area contributed by atoms with E-state index < -0.39 is 15.6 Å². The van der Waals surface area contributed by atoms with Crippen molar-refractivity contribution in [2.45, 2.75) is 25.2 Å². The number of rotatable bonds is 3. The van der Waals surface area contributed by atoms with Crippen LogP contribution in [-0.4, -0.2) is 23.5 Å². The molecule has 0 fully saturated rings. The third kappa shape index (κ3) is 5.27. The Balaban J connectivity index is 0. The third-order valence-electron chi connectivity index (χ3n) is 0.869. The quantitative estimate of drug-likeness (QED) is 0.346. The Bertz CT molecular complexity index is 164. The van der Waals surface area contributed by atoms with Crippen molar-refractivity contribution in [2.24, 2.45) is 0 Å². The van der Waals surface area contributed by atoms with Gasteiger partial charge in [0.05, 0.1) is 0 Å². The molecule has 0 bridgehead atoms. The molecule has 0 amide bonds. The van der Waals surface area contributed by atoms with Crippen LogP contribution in [0.15, 0.2) is 0 Å². The molecule has 0 aromatic carbocycles. The SMILES string of the molecule is CCCC(O)S(=O)(=O)[O-].[Li+]. The van der Waals surface area contributed by atoms with Crippen LogP contribution in [0.5, 0.6) is 0 Å². The summed E-state index contributed by atoms with van der Waals surface area (Å²) >= 11 is 0. The van der Waals surface area contributed by atoms with E-state index in [1.165, 1.54) is 0 Å². The third-order valence-corrected chi connectivity index (χ3v) is 1.77. The average Bonchev–Trinajstić information content (AvgIpc) is 1.64. The molecule has 0 spiro atoms. The first-order valence-corrected chi connectivity index (χ1v) is 4.08. The molecular formula is C4H9LiO4S. The van der Waals surface area contributed by atoms with Gasteiger partial charge in [-0.15, -0.1) is 0 Å². The molecule has 1 N–H and O–H groups in total. The van der Waals surface area contributed by atoms with Gasteiger partial charge in [0.2, 0.25) is 0 Å². The summed E-state index contributed by atoms with van der Waals surface area (Å²) in [5.74, 6) is 0. The molecule has 0 aliphatic heterocycles. The zero-order valence-corrected chi connectivity index (χ0v) is 6.89. The fourth-order valence-electron chi connectivity index (χ4n) is 0.391. The van der Waals surface area contributed by atoms with Gasteiger partial charge in [0.1, 0.15) is 15.6 Å². The van der Waals surface area contributed by atoms with E-state index in [9.17, 15) is 13.0 Å². The molecule has 0 aliphatic carbocycles.